The fraction of sp³-hybridized carbons (Fsp3) is 0.333. The van der Waals surface area contributed by atoms with E-state index in [0.29, 0.717) is 23.1 Å². The molecule has 2 aromatic rings. The minimum absolute atomic E-state index is 0.192. The van der Waals surface area contributed by atoms with Crippen LogP contribution in [0.2, 0.25) is 0 Å². The van der Waals surface area contributed by atoms with E-state index in [-0.39, 0.29) is 12.4 Å². The zero-order valence-corrected chi connectivity index (χ0v) is 10.5. The van der Waals surface area contributed by atoms with Crippen LogP contribution in [0.4, 0.5) is 4.39 Å². The van der Waals surface area contributed by atoms with Crippen LogP contribution in [0.1, 0.15) is 12.3 Å². The first-order valence-electron chi connectivity index (χ1n) is 5.56. The lowest BCUT2D eigenvalue weighted by Crippen LogP contribution is -1.87. The largest absolute Gasteiger partial charge is 0.420 e. The second kappa shape index (κ2) is 6.51. The van der Waals surface area contributed by atoms with Crippen LogP contribution in [0.15, 0.2) is 28.7 Å². The summed E-state index contributed by atoms with van der Waals surface area (Å²) in [6.07, 6.45) is 0.754. The molecule has 4 nitrogen and oxygen atoms in total. The van der Waals surface area contributed by atoms with Gasteiger partial charge in [0.15, 0.2) is 0 Å². The van der Waals surface area contributed by atoms with Crippen LogP contribution in [0.25, 0.3) is 11.5 Å². The van der Waals surface area contributed by atoms with Gasteiger partial charge in [-0.15, -0.1) is 10.2 Å². The molecule has 6 heteroatoms. The summed E-state index contributed by atoms with van der Waals surface area (Å²) < 4.78 is 18.2. The van der Waals surface area contributed by atoms with Crippen molar-refractivity contribution >= 4 is 11.8 Å². The lowest BCUT2D eigenvalue weighted by atomic mass is 10.2. The summed E-state index contributed by atoms with van der Waals surface area (Å²) >= 11 is 1.63. The Morgan fingerprint density at radius 2 is 2.00 bits per heavy atom. The van der Waals surface area contributed by atoms with E-state index in [0.717, 1.165) is 12.2 Å². The third-order valence-electron chi connectivity index (χ3n) is 2.23. The highest BCUT2D eigenvalue weighted by molar-refractivity contribution is 7.98. The molecule has 0 unspecified atom stereocenters. The highest BCUT2D eigenvalue weighted by Crippen LogP contribution is 2.20. The van der Waals surface area contributed by atoms with Gasteiger partial charge in [-0.3, -0.25) is 0 Å². The molecule has 0 saturated carbocycles. The van der Waals surface area contributed by atoms with E-state index in [1.54, 1.807) is 23.9 Å². The second-order valence-corrected chi connectivity index (χ2v) is 4.74. The van der Waals surface area contributed by atoms with Gasteiger partial charge in [0.05, 0.1) is 5.75 Å². The zero-order chi connectivity index (χ0) is 12.8. The Kier molecular flexibility index (Phi) is 4.72. The van der Waals surface area contributed by atoms with Crippen molar-refractivity contribution in [1.29, 1.82) is 0 Å². The molecule has 96 valence electrons. The lowest BCUT2D eigenvalue weighted by Gasteiger charge is -1.95. The summed E-state index contributed by atoms with van der Waals surface area (Å²) in [5.74, 6) is 2.11. The predicted molar refractivity (Wildman–Crippen MR) is 67.6 cm³/mol. The van der Waals surface area contributed by atoms with E-state index in [1.165, 1.54) is 12.1 Å². The van der Waals surface area contributed by atoms with Crippen LogP contribution in [0, 0.1) is 5.82 Å². The summed E-state index contributed by atoms with van der Waals surface area (Å²) in [5.41, 5.74) is 0.704. The van der Waals surface area contributed by atoms with Crippen LogP contribution in [-0.2, 0) is 5.75 Å². The Labute approximate surface area is 108 Å². The van der Waals surface area contributed by atoms with E-state index >= 15 is 0 Å². The lowest BCUT2D eigenvalue weighted by molar-refractivity contribution is 0.296. The van der Waals surface area contributed by atoms with Crippen molar-refractivity contribution in [3.05, 3.63) is 36.0 Å². The fourth-order valence-corrected chi connectivity index (χ4v) is 2.12. The Morgan fingerprint density at radius 1 is 1.22 bits per heavy atom. The van der Waals surface area contributed by atoms with Gasteiger partial charge in [-0.25, -0.2) is 4.39 Å². The number of aromatic nitrogens is 2. The van der Waals surface area contributed by atoms with Crippen LogP contribution in [0.5, 0.6) is 0 Å². The standard InChI is InChI=1S/C12H13FN2O2S/c13-10-4-2-9(3-5-10)12-15-14-11(17-12)8-18-7-1-6-16/h2-5,16H,1,6-8H2. The number of hydrogen-bond acceptors (Lipinski definition) is 5. The first-order chi connectivity index (χ1) is 8.79. The normalized spacial score (nSPS) is 10.8. The van der Waals surface area contributed by atoms with Gasteiger partial charge in [0.1, 0.15) is 5.82 Å². The molecule has 18 heavy (non-hydrogen) atoms. The molecule has 0 spiro atoms. The minimum atomic E-state index is -0.293. The summed E-state index contributed by atoms with van der Waals surface area (Å²) in [6, 6.07) is 5.92. The Hall–Kier alpha value is -1.40. The number of halogens is 1. The summed E-state index contributed by atoms with van der Waals surface area (Å²) in [4.78, 5) is 0. The van der Waals surface area contributed by atoms with Crippen LogP contribution >= 0.6 is 11.8 Å². The van der Waals surface area contributed by atoms with E-state index in [2.05, 4.69) is 10.2 Å². The van der Waals surface area contributed by atoms with Gasteiger partial charge in [-0.05, 0) is 36.4 Å². The van der Waals surface area contributed by atoms with Crippen molar-refractivity contribution in [2.24, 2.45) is 0 Å². The first-order valence-corrected chi connectivity index (χ1v) is 6.72. The Balaban J connectivity index is 1.95. The highest BCUT2D eigenvalue weighted by Gasteiger charge is 2.08. The molecule has 0 bridgehead atoms. The summed E-state index contributed by atoms with van der Waals surface area (Å²) in [5, 5.41) is 16.5. The van der Waals surface area contributed by atoms with Gasteiger partial charge < -0.3 is 9.52 Å². The van der Waals surface area contributed by atoms with Crippen molar-refractivity contribution in [3.63, 3.8) is 0 Å². The molecule has 1 N–H and O–H groups in total. The van der Waals surface area contributed by atoms with Gasteiger partial charge in [-0.1, -0.05) is 0 Å². The fourth-order valence-electron chi connectivity index (χ4n) is 1.35. The average Bonchev–Trinajstić information content (AvgIpc) is 2.84. The quantitative estimate of drug-likeness (QED) is 0.816. The van der Waals surface area contributed by atoms with Crippen molar-refractivity contribution in [2.75, 3.05) is 12.4 Å². The van der Waals surface area contributed by atoms with Crippen molar-refractivity contribution < 1.29 is 13.9 Å². The SMILES string of the molecule is OCCCSCc1nnc(-c2ccc(F)cc2)o1. The number of rotatable bonds is 6. The molecule has 0 amide bonds. The van der Waals surface area contributed by atoms with E-state index in [1.807, 2.05) is 0 Å². The highest BCUT2D eigenvalue weighted by atomic mass is 32.2. The molecule has 1 aromatic carbocycles. The van der Waals surface area contributed by atoms with Gasteiger partial charge >= 0.3 is 0 Å². The molecule has 2 rings (SSSR count). The average molecular weight is 268 g/mol. The van der Waals surface area contributed by atoms with Crippen molar-refractivity contribution in [3.8, 4) is 11.5 Å². The third-order valence-corrected chi connectivity index (χ3v) is 3.26. The minimum Gasteiger partial charge on any atom is -0.420 e. The number of nitrogens with zero attached hydrogens (tertiary/aromatic N) is 2. The zero-order valence-electron chi connectivity index (χ0n) is 9.67. The number of hydrogen-bond donors (Lipinski definition) is 1. The van der Waals surface area contributed by atoms with E-state index < -0.39 is 0 Å². The van der Waals surface area contributed by atoms with E-state index in [9.17, 15) is 4.39 Å². The van der Waals surface area contributed by atoms with E-state index in [4.69, 9.17) is 9.52 Å². The van der Waals surface area contributed by atoms with Crippen molar-refractivity contribution in [1.82, 2.24) is 10.2 Å². The maximum atomic E-state index is 12.8. The molecular formula is C12H13FN2O2S. The molecule has 0 aliphatic rings. The molecule has 0 atom stereocenters. The number of benzene rings is 1. The van der Waals surface area contributed by atoms with Gasteiger partial charge in [0, 0.05) is 12.2 Å². The molecule has 0 aliphatic heterocycles. The molecule has 0 radical (unpaired) electrons. The van der Waals surface area contributed by atoms with Crippen LogP contribution in [0.3, 0.4) is 0 Å². The second-order valence-electron chi connectivity index (χ2n) is 3.64. The monoisotopic (exact) mass is 268 g/mol. The summed E-state index contributed by atoms with van der Waals surface area (Å²) in [6.45, 7) is 0.192. The van der Waals surface area contributed by atoms with Crippen LogP contribution in [-0.4, -0.2) is 27.7 Å². The summed E-state index contributed by atoms with van der Waals surface area (Å²) in [7, 11) is 0. The van der Waals surface area contributed by atoms with Gasteiger partial charge in [0.25, 0.3) is 0 Å². The maximum absolute atomic E-state index is 12.8. The Bertz CT molecular complexity index is 487. The third kappa shape index (κ3) is 3.54. The predicted octanol–water partition coefficient (Wildman–Crippen LogP) is 2.49. The Morgan fingerprint density at radius 3 is 2.72 bits per heavy atom. The van der Waals surface area contributed by atoms with Gasteiger partial charge in [0.2, 0.25) is 11.8 Å². The topological polar surface area (TPSA) is 59.2 Å². The van der Waals surface area contributed by atoms with Crippen molar-refractivity contribution in [2.45, 2.75) is 12.2 Å². The first kappa shape index (κ1) is 13.0. The number of aliphatic hydroxyl groups excluding tert-OH is 1. The molecule has 0 fully saturated rings. The molecular weight excluding hydrogens is 255 g/mol. The molecule has 1 heterocycles. The smallest absolute Gasteiger partial charge is 0.247 e. The molecule has 0 aliphatic carbocycles. The number of aliphatic hydroxyl groups is 1. The maximum Gasteiger partial charge on any atom is 0.247 e. The van der Waals surface area contributed by atoms with Crippen LogP contribution < -0.4 is 0 Å². The molecule has 1 aromatic heterocycles. The molecule has 0 saturated heterocycles. The van der Waals surface area contributed by atoms with Gasteiger partial charge in [-0.2, -0.15) is 11.8 Å². The number of thioether (sulfide) groups is 1.